The molecule has 1 heterocycles. The van der Waals surface area contributed by atoms with E-state index in [1.807, 2.05) is 54.6 Å². The lowest BCUT2D eigenvalue weighted by molar-refractivity contribution is -0.137. The van der Waals surface area contributed by atoms with Gasteiger partial charge in [0.25, 0.3) is 0 Å². The number of imidazole rings is 1. The van der Waals surface area contributed by atoms with Crippen LogP contribution in [0.3, 0.4) is 0 Å². The molecule has 106 valence electrons. The standard InChI is InChI=1S/C16H14N2O2S/c19-15(20)10-14(11-6-2-1-3-7-11)21-16-17-12-8-4-5-9-13(12)18-16/h1-9,14H,10H2,(H,17,18)(H,19,20). The molecule has 0 aliphatic carbocycles. The number of carbonyl (C=O) groups is 1. The molecule has 1 aromatic heterocycles. The summed E-state index contributed by atoms with van der Waals surface area (Å²) in [7, 11) is 0. The number of carboxylic acid groups (broad SMARTS) is 1. The van der Waals surface area contributed by atoms with Gasteiger partial charge in [0.2, 0.25) is 0 Å². The lowest BCUT2D eigenvalue weighted by atomic mass is 10.1. The van der Waals surface area contributed by atoms with Crippen molar-refractivity contribution in [2.45, 2.75) is 16.8 Å². The van der Waals surface area contributed by atoms with Crippen LogP contribution in [0.2, 0.25) is 0 Å². The fourth-order valence-electron chi connectivity index (χ4n) is 2.17. The van der Waals surface area contributed by atoms with Crippen molar-refractivity contribution in [2.24, 2.45) is 0 Å². The fourth-order valence-corrected chi connectivity index (χ4v) is 3.28. The molecule has 2 aromatic carbocycles. The predicted octanol–water partition coefficient (Wildman–Crippen LogP) is 3.87. The van der Waals surface area contributed by atoms with Gasteiger partial charge in [0, 0.05) is 5.25 Å². The van der Waals surface area contributed by atoms with Gasteiger partial charge in [-0.3, -0.25) is 4.79 Å². The van der Waals surface area contributed by atoms with Gasteiger partial charge in [0.1, 0.15) is 0 Å². The second-order valence-corrected chi connectivity index (χ2v) is 5.87. The summed E-state index contributed by atoms with van der Waals surface area (Å²) in [5.74, 6) is -0.813. The van der Waals surface area contributed by atoms with E-state index in [9.17, 15) is 4.79 Å². The molecule has 0 fully saturated rings. The van der Waals surface area contributed by atoms with Crippen LogP contribution in [0, 0.1) is 0 Å². The zero-order valence-electron chi connectivity index (χ0n) is 11.2. The molecule has 0 aliphatic rings. The SMILES string of the molecule is O=C(O)CC(Sc1nc2ccccc2[nH]1)c1ccccc1. The maximum atomic E-state index is 11.1. The zero-order valence-corrected chi connectivity index (χ0v) is 12.0. The molecule has 1 atom stereocenters. The van der Waals surface area contributed by atoms with Crippen LogP contribution in [-0.2, 0) is 4.79 Å². The highest BCUT2D eigenvalue weighted by Gasteiger charge is 2.18. The molecular weight excluding hydrogens is 284 g/mol. The number of H-pyrrole nitrogens is 1. The number of aromatic nitrogens is 2. The molecule has 0 spiro atoms. The molecule has 1 unspecified atom stereocenters. The molecule has 0 saturated heterocycles. The lowest BCUT2D eigenvalue weighted by Gasteiger charge is -2.13. The van der Waals surface area contributed by atoms with Crippen LogP contribution in [0.1, 0.15) is 17.2 Å². The third-order valence-corrected chi connectivity index (χ3v) is 4.29. The summed E-state index contributed by atoms with van der Waals surface area (Å²) in [6.45, 7) is 0. The number of carboxylic acids is 1. The molecule has 0 bridgehead atoms. The first-order chi connectivity index (χ1) is 10.2. The van der Waals surface area contributed by atoms with Crippen molar-refractivity contribution in [3.05, 3.63) is 60.2 Å². The van der Waals surface area contributed by atoms with Crippen molar-refractivity contribution in [3.63, 3.8) is 0 Å². The number of hydrogen-bond acceptors (Lipinski definition) is 3. The first-order valence-corrected chi connectivity index (χ1v) is 7.48. The number of fused-ring (bicyclic) bond motifs is 1. The summed E-state index contributed by atoms with van der Waals surface area (Å²) in [6, 6.07) is 17.4. The van der Waals surface area contributed by atoms with Crippen LogP contribution in [0.25, 0.3) is 11.0 Å². The third kappa shape index (κ3) is 3.25. The van der Waals surface area contributed by atoms with Crippen molar-refractivity contribution in [1.29, 1.82) is 0 Å². The fraction of sp³-hybridized carbons (Fsp3) is 0.125. The smallest absolute Gasteiger partial charge is 0.304 e. The number of nitrogens with one attached hydrogen (secondary N) is 1. The Balaban J connectivity index is 1.88. The second-order valence-electron chi connectivity index (χ2n) is 4.67. The predicted molar refractivity (Wildman–Crippen MR) is 83.4 cm³/mol. The molecule has 5 heteroatoms. The van der Waals surface area contributed by atoms with E-state index >= 15 is 0 Å². The number of benzene rings is 2. The van der Waals surface area contributed by atoms with Gasteiger partial charge in [0.15, 0.2) is 5.16 Å². The van der Waals surface area contributed by atoms with Crippen molar-refractivity contribution in [1.82, 2.24) is 9.97 Å². The number of rotatable bonds is 5. The summed E-state index contributed by atoms with van der Waals surface area (Å²) in [4.78, 5) is 18.8. The largest absolute Gasteiger partial charge is 0.481 e. The summed E-state index contributed by atoms with van der Waals surface area (Å²) in [5.41, 5.74) is 2.84. The zero-order chi connectivity index (χ0) is 14.7. The average molecular weight is 298 g/mol. The number of aliphatic carboxylic acids is 1. The molecule has 3 rings (SSSR count). The first kappa shape index (κ1) is 13.7. The summed E-state index contributed by atoms with van der Waals surface area (Å²) < 4.78 is 0. The van der Waals surface area contributed by atoms with Crippen molar-refractivity contribution >= 4 is 28.8 Å². The van der Waals surface area contributed by atoms with Crippen molar-refractivity contribution in [3.8, 4) is 0 Å². The van der Waals surface area contributed by atoms with E-state index in [4.69, 9.17) is 5.11 Å². The Hall–Kier alpha value is -2.27. The quantitative estimate of drug-likeness (QED) is 0.702. The van der Waals surface area contributed by atoms with Crippen LogP contribution in [0.15, 0.2) is 59.8 Å². The summed E-state index contributed by atoms with van der Waals surface area (Å²) in [6.07, 6.45) is 0.0612. The van der Waals surface area contributed by atoms with Gasteiger partial charge in [-0.05, 0) is 17.7 Å². The van der Waals surface area contributed by atoms with Gasteiger partial charge < -0.3 is 10.1 Å². The highest BCUT2D eigenvalue weighted by atomic mass is 32.2. The molecule has 3 aromatic rings. The molecule has 21 heavy (non-hydrogen) atoms. The number of nitrogens with zero attached hydrogens (tertiary/aromatic N) is 1. The van der Waals surface area contributed by atoms with Crippen LogP contribution < -0.4 is 0 Å². The number of hydrogen-bond donors (Lipinski definition) is 2. The van der Waals surface area contributed by atoms with E-state index in [1.54, 1.807) is 0 Å². The Bertz CT molecular complexity index is 722. The van der Waals surface area contributed by atoms with E-state index in [1.165, 1.54) is 11.8 Å². The highest BCUT2D eigenvalue weighted by Crippen LogP contribution is 2.36. The van der Waals surface area contributed by atoms with Gasteiger partial charge in [-0.15, -0.1) is 0 Å². The van der Waals surface area contributed by atoms with Gasteiger partial charge >= 0.3 is 5.97 Å². The second kappa shape index (κ2) is 6.01. The minimum absolute atomic E-state index is 0.0612. The maximum Gasteiger partial charge on any atom is 0.304 e. The third-order valence-electron chi connectivity index (χ3n) is 3.15. The normalized spacial score (nSPS) is 12.4. The van der Waals surface area contributed by atoms with E-state index < -0.39 is 5.97 Å². The maximum absolute atomic E-state index is 11.1. The molecule has 0 aliphatic heterocycles. The molecule has 4 nitrogen and oxygen atoms in total. The van der Waals surface area contributed by atoms with Crippen molar-refractivity contribution in [2.75, 3.05) is 0 Å². The average Bonchev–Trinajstić information content (AvgIpc) is 2.89. The van der Waals surface area contributed by atoms with E-state index in [0.29, 0.717) is 0 Å². The Labute approximate surface area is 126 Å². The van der Waals surface area contributed by atoms with Crippen LogP contribution in [-0.4, -0.2) is 21.0 Å². The minimum Gasteiger partial charge on any atom is -0.481 e. The van der Waals surface area contributed by atoms with E-state index in [0.717, 1.165) is 21.8 Å². The van der Waals surface area contributed by atoms with Crippen LogP contribution >= 0.6 is 11.8 Å². The molecule has 0 amide bonds. The number of thioether (sulfide) groups is 1. The van der Waals surface area contributed by atoms with Crippen LogP contribution in [0.5, 0.6) is 0 Å². The molecule has 2 N–H and O–H groups in total. The van der Waals surface area contributed by atoms with E-state index in [-0.39, 0.29) is 11.7 Å². The van der Waals surface area contributed by atoms with Gasteiger partial charge in [-0.2, -0.15) is 0 Å². The van der Waals surface area contributed by atoms with E-state index in [2.05, 4.69) is 9.97 Å². The lowest BCUT2D eigenvalue weighted by Crippen LogP contribution is -2.03. The van der Waals surface area contributed by atoms with Crippen molar-refractivity contribution < 1.29 is 9.90 Å². The minimum atomic E-state index is -0.813. The monoisotopic (exact) mass is 298 g/mol. The Morgan fingerprint density at radius 2 is 1.86 bits per heavy atom. The highest BCUT2D eigenvalue weighted by molar-refractivity contribution is 7.99. The molecule has 0 saturated carbocycles. The van der Waals surface area contributed by atoms with Crippen LogP contribution in [0.4, 0.5) is 0 Å². The Morgan fingerprint density at radius 3 is 2.57 bits per heavy atom. The molecule has 0 radical (unpaired) electrons. The van der Waals surface area contributed by atoms with Gasteiger partial charge in [0.05, 0.1) is 17.5 Å². The number of para-hydroxylation sites is 2. The Kier molecular flexibility index (Phi) is 3.92. The summed E-state index contributed by atoms with van der Waals surface area (Å²) in [5, 5.41) is 9.70. The van der Waals surface area contributed by atoms with Gasteiger partial charge in [-0.1, -0.05) is 54.2 Å². The van der Waals surface area contributed by atoms with Gasteiger partial charge in [-0.25, -0.2) is 4.98 Å². The topological polar surface area (TPSA) is 66.0 Å². The first-order valence-electron chi connectivity index (χ1n) is 6.60. The summed E-state index contributed by atoms with van der Waals surface area (Å²) >= 11 is 1.45. The Morgan fingerprint density at radius 1 is 1.14 bits per heavy atom. The number of aromatic amines is 1. The molecular formula is C16H14N2O2S.